The number of ketones is 1. The highest BCUT2D eigenvalue weighted by molar-refractivity contribution is 8.04. The summed E-state index contributed by atoms with van der Waals surface area (Å²) in [6.45, 7) is -0.318. The lowest BCUT2D eigenvalue weighted by molar-refractivity contribution is -0.138. The standard InChI is InChI=1S/C25H24N4O6S3/c30-18-13-29(38(34,35)25(33)15-3-1-2-8-26-15)17-6-9-28(22(17)18)24(32)16(11-14-4-5-14)27-23(31)21-12-20-19(37-21)7-10-36-20/h1-3,7-8,10,12,14,16-17,22H,4-6,9,11,13H2,(H,27,31). The number of nitrogens with zero attached hydrogens (tertiary/aromatic N) is 3. The van der Waals surface area contributed by atoms with E-state index in [1.54, 1.807) is 17.4 Å². The van der Waals surface area contributed by atoms with Gasteiger partial charge in [0.1, 0.15) is 17.8 Å². The fourth-order valence-electron chi connectivity index (χ4n) is 5.28. The van der Waals surface area contributed by atoms with E-state index in [-0.39, 0.29) is 30.5 Å². The monoisotopic (exact) mass is 572 g/mol. The average Bonchev–Trinajstić information content (AvgIpc) is 3.24. The maximum absolute atomic E-state index is 13.7. The summed E-state index contributed by atoms with van der Waals surface area (Å²) in [6.07, 6.45) is 3.96. The summed E-state index contributed by atoms with van der Waals surface area (Å²) in [6, 6.07) is 5.51. The molecule has 2 aliphatic heterocycles. The third-order valence-electron chi connectivity index (χ3n) is 7.31. The van der Waals surface area contributed by atoms with Gasteiger partial charge in [-0.05, 0) is 48.4 Å². The van der Waals surface area contributed by atoms with Gasteiger partial charge in [-0.15, -0.1) is 22.7 Å². The first-order chi connectivity index (χ1) is 18.2. The molecule has 2 saturated heterocycles. The van der Waals surface area contributed by atoms with E-state index in [0.717, 1.165) is 26.5 Å². The molecular formula is C25H24N4O6S3. The highest BCUT2D eigenvalue weighted by Crippen LogP contribution is 2.37. The molecular weight excluding hydrogens is 548 g/mol. The van der Waals surface area contributed by atoms with Crippen molar-refractivity contribution in [1.82, 2.24) is 19.5 Å². The number of carbonyl (C=O) groups excluding carboxylic acids is 4. The lowest BCUT2D eigenvalue weighted by Crippen LogP contribution is -2.52. The van der Waals surface area contributed by atoms with E-state index in [4.69, 9.17) is 0 Å². The third-order valence-corrected chi connectivity index (χ3v) is 11.1. The number of rotatable bonds is 7. The van der Waals surface area contributed by atoms with Crippen molar-refractivity contribution in [2.75, 3.05) is 13.1 Å². The predicted molar refractivity (Wildman–Crippen MR) is 141 cm³/mol. The Bertz CT molecular complexity index is 1520. The molecule has 3 aromatic heterocycles. The topological polar surface area (TPSA) is 134 Å². The molecule has 0 spiro atoms. The van der Waals surface area contributed by atoms with Crippen molar-refractivity contribution in [3.63, 3.8) is 0 Å². The van der Waals surface area contributed by atoms with Crippen molar-refractivity contribution >= 4 is 64.8 Å². The molecule has 0 radical (unpaired) electrons. The number of aromatic nitrogens is 1. The number of hydrogen-bond donors (Lipinski definition) is 1. The maximum atomic E-state index is 13.7. The second kappa shape index (κ2) is 9.63. The Labute approximate surface area is 226 Å². The van der Waals surface area contributed by atoms with Gasteiger partial charge in [0.05, 0.1) is 17.5 Å². The molecule has 1 saturated carbocycles. The van der Waals surface area contributed by atoms with Crippen LogP contribution in [0.25, 0.3) is 9.40 Å². The van der Waals surface area contributed by atoms with Crippen LogP contribution in [0.15, 0.2) is 41.9 Å². The van der Waals surface area contributed by atoms with Gasteiger partial charge in [-0.2, -0.15) is 4.31 Å². The van der Waals surface area contributed by atoms with Crippen molar-refractivity contribution in [3.8, 4) is 0 Å². The largest absolute Gasteiger partial charge is 0.340 e. The Morgan fingerprint density at radius 3 is 2.66 bits per heavy atom. The van der Waals surface area contributed by atoms with Gasteiger partial charge in [0.15, 0.2) is 5.78 Å². The Morgan fingerprint density at radius 2 is 1.95 bits per heavy atom. The van der Waals surface area contributed by atoms with Gasteiger partial charge in [-0.1, -0.05) is 18.9 Å². The lowest BCUT2D eigenvalue weighted by atomic mass is 10.1. The number of carbonyl (C=O) groups is 4. The zero-order valence-corrected chi connectivity index (χ0v) is 22.6. The molecule has 3 unspecified atom stereocenters. The number of fused-ring (bicyclic) bond motifs is 2. The third kappa shape index (κ3) is 4.46. The molecule has 3 aromatic rings. The summed E-state index contributed by atoms with van der Waals surface area (Å²) in [5, 5.41) is 3.67. The van der Waals surface area contributed by atoms with E-state index in [1.165, 1.54) is 34.6 Å². The van der Waals surface area contributed by atoms with Crippen LogP contribution in [0.3, 0.4) is 0 Å². The van der Waals surface area contributed by atoms with Crippen LogP contribution in [-0.2, 0) is 19.6 Å². The lowest BCUT2D eigenvalue weighted by Gasteiger charge is -2.28. The minimum absolute atomic E-state index is 0.162. The molecule has 3 aliphatic rings. The number of nitrogens with one attached hydrogen (secondary N) is 1. The Morgan fingerprint density at radius 1 is 1.13 bits per heavy atom. The summed E-state index contributed by atoms with van der Waals surface area (Å²) in [4.78, 5) is 58.4. The number of hydrogen-bond acceptors (Lipinski definition) is 9. The van der Waals surface area contributed by atoms with Gasteiger partial charge in [-0.3, -0.25) is 24.2 Å². The molecule has 6 rings (SSSR count). The van der Waals surface area contributed by atoms with E-state index in [9.17, 15) is 27.6 Å². The van der Waals surface area contributed by atoms with Gasteiger partial charge in [-0.25, -0.2) is 8.42 Å². The zero-order chi connectivity index (χ0) is 26.6. The van der Waals surface area contributed by atoms with Crippen LogP contribution in [0.1, 0.15) is 45.8 Å². The second-order valence-corrected chi connectivity index (χ2v) is 13.6. The van der Waals surface area contributed by atoms with Crippen LogP contribution >= 0.6 is 22.7 Å². The highest BCUT2D eigenvalue weighted by Gasteiger charge is 2.55. The molecule has 5 heterocycles. The molecule has 0 bridgehead atoms. The Kier molecular flexibility index (Phi) is 6.41. The van der Waals surface area contributed by atoms with E-state index < -0.39 is 45.6 Å². The van der Waals surface area contributed by atoms with E-state index >= 15 is 0 Å². The van der Waals surface area contributed by atoms with Crippen molar-refractivity contribution in [1.29, 1.82) is 0 Å². The molecule has 38 heavy (non-hydrogen) atoms. The second-order valence-electron chi connectivity index (χ2n) is 9.82. The summed E-state index contributed by atoms with van der Waals surface area (Å²) in [5.74, 6) is -0.842. The Balaban J connectivity index is 1.21. The zero-order valence-electron chi connectivity index (χ0n) is 20.1. The van der Waals surface area contributed by atoms with Gasteiger partial charge in [0, 0.05) is 22.1 Å². The molecule has 1 N–H and O–H groups in total. The smallest absolute Gasteiger partial charge is 0.310 e. The number of sulfonamides is 1. The van der Waals surface area contributed by atoms with Gasteiger partial charge < -0.3 is 10.2 Å². The normalized spacial score (nSPS) is 22.5. The van der Waals surface area contributed by atoms with E-state index in [2.05, 4.69) is 10.3 Å². The minimum Gasteiger partial charge on any atom is -0.340 e. The number of amides is 2. The fourth-order valence-corrected chi connectivity index (χ4v) is 8.76. The van der Waals surface area contributed by atoms with Crippen molar-refractivity contribution in [2.45, 2.75) is 43.8 Å². The first kappa shape index (κ1) is 25.3. The van der Waals surface area contributed by atoms with Crippen molar-refractivity contribution < 1.29 is 27.6 Å². The number of likely N-dealkylation sites (tertiary alicyclic amines) is 1. The molecule has 13 heteroatoms. The molecule has 0 aromatic carbocycles. The predicted octanol–water partition coefficient (Wildman–Crippen LogP) is 2.28. The molecule has 2 amide bonds. The summed E-state index contributed by atoms with van der Waals surface area (Å²) < 4.78 is 29.3. The first-order valence-corrected chi connectivity index (χ1v) is 15.5. The number of Topliss-reactive ketones (excluding diaryl/α,β-unsaturated/α-hetero) is 1. The van der Waals surface area contributed by atoms with Crippen LogP contribution in [0.5, 0.6) is 0 Å². The fraction of sp³-hybridized carbons (Fsp3) is 0.400. The van der Waals surface area contributed by atoms with Crippen LogP contribution in [-0.4, -0.2) is 76.5 Å². The quantitative estimate of drug-likeness (QED) is 0.459. The molecule has 1 aliphatic carbocycles. The van der Waals surface area contributed by atoms with Crippen LogP contribution in [0.4, 0.5) is 0 Å². The SMILES string of the molecule is O=C(NC(CC1CC1)C(=O)N1CCC2C1C(=O)CN2S(=O)(=O)C(=O)c1ccccn1)c1cc2sccc2s1. The molecule has 3 atom stereocenters. The van der Waals surface area contributed by atoms with Gasteiger partial charge in [0.2, 0.25) is 5.91 Å². The summed E-state index contributed by atoms with van der Waals surface area (Å²) in [7, 11) is -4.51. The van der Waals surface area contributed by atoms with Crippen molar-refractivity contribution in [3.05, 3.63) is 52.5 Å². The number of pyridine rings is 1. The minimum atomic E-state index is -4.51. The van der Waals surface area contributed by atoms with E-state index in [0.29, 0.717) is 17.2 Å². The maximum Gasteiger partial charge on any atom is 0.310 e. The van der Waals surface area contributed by atoms with Crippen molar-refractivity contribution in [2.24, 2.45) is 5.92 Å². The highest BCUT2D eigenvalue weighted by atomic mass is 32.2. The number of thiophene rings is 2. The van der Waals surface area contributed by atoms with Gasteiger partial charge in [0.25, 0.3) is 15.9 Å². The van der Waals surface area contributed by atoms with Gasteiger partial charge >= 0.3 is 5.12 Å². The average molecular weight is 573 g/mol. The summed E-state index contributed by atoms with van der Waals surface area (Å²) >= 11 is 2.90. The molecule has 198 valence electrons. The van der Waals surface area contributed by atoms with Crippen LogP contribution in [0.2, 0.25) is 0 Å². The van der Waals surface area contributed by atoms with E-state index in [1.807, 2.05) is 17.5 Å². The molecule has 3 fully saturated rings. The van der Waals surface area contributed by atoms with Crippen LogP contribution in [0, 0.1) is 5.92 Å². The van der Waals surface area contributed by atoms with Crippen LogP contribution < -0.4 is 5.32 Å². The Hall–Kier alpha value is -3.00. The molecule has 10 nitrogen and oxygen atoms in total. The summed E-state index contributed by atoms with van der Waals surface area (Å²) in [5.41, 5.74) is -0.227. The first-order valence-electron chi connectivity index (χ1n) is 12.3.